The molecule has 1 N–H and O–H groups in total. The van der Waals surface area contributed by atoms with E-state index >= 15 is 4.79 Å². The summed E-state index contributed by atoms with van der Waals surface area (Å²) < 4.78 is 85.0. The van der Waals surface area contributed by atoms with E-state index in [1.165, 1.54) is 32.4 Å². The number of halogens is 4. The Morgan fingerprint density at radius 3 is 2.31 bits per heavy atom. The highest BCUT2D eigenvalue weighted by Gasteiger charge is 2.59. The van der Waals surface area contributed by atoms with Crippen LogP contribution in [0.2, 0.25) is 5.02 Å². The molecule has 48 heavy (non-hydrogen) atoms. The number of hydrogen-bond donors (Lipinski definition) is 1. The van der Waals surface area contributed by atoms with Gasteiger partial charge in [-0.2, -0.15) is 0 Å². The van der Waals surface area contributed by atoms with E-state index in [9.17, 15) is 26.4 Å². The van der Waals surface area contributed by atoms with Crippen LogP contribution in [0.1, 0.15) is 50.2 Å². The van der Waals surface area contributed by atoms with Crippen molar-refractivity contribution < 1.29 is 45.4 Å². The number of para-hydroxylation sites is 1. The van der Waals surface area contributed by atoms with Crippen LogP contribution in [0.15, 0.2) is 77.7 Å². The Hall–Kier alpha value is -4.07. The molecule has 2 aliphatic rings. The van der Waals surface area contributed by atoms with Crippen LogP contribution in [-0.4, -0.2) is 46.7 Å². The van der Waals surface area contributed by atoms with E-state index in [4.69, 9.17) is 21.1 Å². The third-order valence-corrected chi connectivity index (χ3v) is 10.7. The number of methoxy groups -OCH3 is 2. The highest BCUT2D eigenvalue weighted by molar-refractivity contribution is 7.93. The highest BCUT2D eigenvalue weighted by atomic mass is 35.5. The molecule has 1 heterocycles. The van der Waals surface area contributed by atoms with Gasteiger partial charge in [-0.1, -0.05) is 55.6 Å². The molecule has 1 unspecified atom stereocenters. The van der Waals surface area contributed by atoms with Gasteiger partial charge in [-0.15, -0.1) is 13.2 Å². The number of hydrogen-bond acceptors (Lipinski definition) is 8. The minimum atomic E-state index is -5.28. The Morgan fingerprint density at radius 1 is 1.00 bits per heavy atom. The van der Waals surface area contributed by atoms with Crippen LogP contribution in [-0.2, 0) is 25.2 Å². The number of ketones is 1. The lowest BCUT2D eigenvalue weighted by atomic mass is 9.77. The average Bonchev–Trinajstić information content (AvgIpc) is 3.30. The maximum Gasteiger partial charge on any atom is 0.573 e. The van der Waals surface area contributed by atoms with Crippen molar-refractivity contribution in [3.05, 3.63) is 89.0 Å². The van der Waals surface area contributed by atoms with Gasteiger partial charge >= 0.3 is 6.36 Å². The molecule has 14 heteroatoms. The fraction of sp³-hybridized carbons (Fsp3) is 0.353. The van der Waals surface area contributed by atoms with Crippen LogP contribution in [0, 0.1) is 5.92 Å². The van der Waals surface area contributed by atoms with Gasteiger partial charge in [-0.25, -0.2) is 12.7 Å². The van der Waals surface area contributed by atoms with Crippen molar-refractivity contribution in [2.45, 2.75) is 61.9 Å². The van der Waals surface area contributed by atoms with Crippen LogP contribution in [0.5, 0.6) is 17.2 Å². The first-order valence-electron chi connectivity index (χ1n) is 15.1. The quantitative estimate of drug-likeness (QED) is 0.214. The topological polar surface area (TPSA) is 111 Å². The molecule has 1 fully saturated rings. The molecule has 0 bridgehead atoms. The number of amides is 1. The summed E-state index contributed by atoms with van der Waals surface area (Å²) >= 11 is 6.49. The Bertz CT molecular complexity index is 1860. The predicted octanol–water partition coefficient (Wildman–Crippen LogP) is 6.92. The van der Waals surface area contributed by atoms with Crippen LogP contribution in [0.3, 0.4) is 0 Å². The molecule has 256 valence electrons. The number of carbonyl (C=O) groups excluding carboxylic acids is 2. The number of sulfonamides is 1. The summed E-state index contributed by atoms with van der Waals surface area (Å²) in [6, 6.07) is 12.2. The molecule has 9 nitrogen and oxygen atoms in total. The van der Waals surface area contributed by atoms with Gasteiger partial charge in [0.1, 0.15) is 16.4 Å². The average molecular weight is 707 g/mol. The molecule has 0 radical (unpaired) electrons. The molecule has 0 saturated heterocycles. The summed E-state index contributed by atoms with van der Waals surface area (Å²) in [5.41, 5.74) is -1.88. The highest BCUT2D eigenvalue weighted by Crippen LogP contribution is 2.51. The van der Waals surface area contributed by atoms with Crippen molar-refractivity contribution in [2.24, 2.45) is 5.92 Å². The number of carbonyl (C=O) groups is 2. The molecule has 5 rings (SSSR count). The van der Waals surface area contributed by atoms with Crippen LogP contribution in [0.4, 0.5) is 18.9 Å². The number of rotatable bonds is 11. The largest absolute Gasteiger partial charge is 0.573 e. The molecule has 3 aromatic carbocycles. The first-order valence-corrected chi connectivity index (χ1v) is 16.9. The van der Waals surface area contributed by atoms with E-state index in [-0.39, 0.29) is 50.6 Å². The van der Waals surface area contributed by atoms with E-state index in [2.05, 4.69) is 16.6 Å². The molecule has 2 atom stereocenters. The van der Waals surface area contributed by atoms with E-state index in [0.29, 0.717) is 17.1 Å². The molecule has 1 saturated carbocycles. The van der Waals surface area contributed by atoms with E-state index < -0.39 is 44.5 Å². The second-order valence-electron chi connectivity index (χ2n) is 11.7. The lowest BCUT2D eigenvalue weighted by Gasteiger charge is -2.39. The lowest BCUT2D eigenvalue weighted by Crippen LogP contribution is -2.60. The van der Waals surface area contributed by atoms with Gasteiger partial charge in [-0.3, -0.25) is 14.9 Å². The second-order valence-corrected chi connectivity index (χ2v) is 13.9. The number of anilines is 1. The Kier molecular flexibility index (Phi) is 9.87. The van der Waals surface area contributed by atoms with E-state index in [1.54, 1.807) is 31.2 Å². The van der Waals surface area contributed by atoms with Gasteiger partial charge in [0.05, 0.1) is 25.9 Å². The molecule has 0 spiro atoms. The predicted molar refractivity (Wildman–Crippen MR) is 173 cm³/mol. The monoisotopic (exact) mass is 706 g/mol. The molecular formula is C34H34ClF3N2O7S. The van der Waals surface area contributed by atoms with Gasteiger partial charge < -0.3 is 14.2 Å². The van der Waals surface area contributed by atoms with Crippen molar-refractivity contribution >= 4 is 39.0 Å². The van der Waals surface area contributed by atoms with E-state index in [0.717, 1.165) is 37.5 Å². The minimum Gasteiger partial charge on any atom is -0.497 e. The summed E-state index contributed by atoms with van der Waals surface area (Å²) in [5, 5.41) is 3.43. The number of alkyl halides is 3. The van der Waals surface area contributed by atoms with Crippen molar-refractivity contribution in [1.29, 1.82) is 0 Å². The molecule has 3 aromatic rings. The van der Waals surface area contributed by atoms with E-state index in [1.807, 2.05) is 0 Å². The van der Waals surface area contributed by atoms with Crippen LogP contribution in [0.25, 0.3) is 0 Å². The van der Waals surface area contributed by atoms with Crippen molar-refractivity contribution in [2.75, 3.05) is 18.5 Å². The van der Waals surface area contributed by atoms with Crippen molar-refractivity contribution in [3.8, 4) is 17.2 Å². The zero-order valence-electron chi connectivity index (χ0n) is 26.4. The number of ether oxygens (including phenoxy) is 3. The minimum absolute atomic E-state index is 0.0511. The SMILES string of the molecule is C=C(C)C(=O)[C@@H](NC1(c2ccccc2OC)C(=O)N(S(=O)(=O)c2ccc(OC)cc2OC(F)(F)F)c2ccc(Cl)cc21)C1CCCCC1. The van der Waals surface area contributed by atoms with Crippen LogP contribution >= 0.6 is 11.6 Å². The Morgan fingerprint density at radius 2 is 1.69 bits per heavy atom. The molecular weight excluding hydrogens is 673 g/mol. The number of benzene rings is 3. The third kappa shape index (κ3) is 6.38. The van der Waals surface area contributed by atoms with Gasteiger partial charge in [0.25, 0.3) is 15.9 Å². The standard InChI is InChI=1S/C34H34ClF3N2O7S/c1-20(2)31(41)30(21-10-6-5-7-11-21)39-33(24-12-8-9-13-27(24)46-4)25-18-22(35)14-16-26(25)40(32(33)42)48(43,44)29-17-15-23(45-3)19-28(29)47-34(36,37)38/h8-9,12-19,21,30,39H,1,5-7,10-11H2,2-4H3/t30-,33?/m0/s1. The van der Waals surface area contributed by atoms with Gasteiger partial charge in [0.15, 0.2) is 17.1 Å². The fourth-order valence-corrected chi connectivity index (χ4v) is 8.27. The number of fused-ring (bicyclic) bond motifs is 1. The van der Waals surface area contributed by atoms with Crippen molar-refractivity contribution in [1.82, 2.24) is 5.32 Å². The summed E-state index contributed by atoms with van der Waals surface area (Å²) in [6.07, 6.45) is -1.33. The smallest absolute Gasteiger partial charge is 0.497 e. The third-order valence-electron chi connectivity index (χ3n) is 8.69. The fourth-order valence-electron chi connectivity index (χ4n) is 6.53. The Labute approximate surface area is 281 Å². The summed E-state index contributed by atoms with van der Waals surface area (Å²) in [5.74, 6) is -2.78. The molecule has 0 aromatic heterocycles. The lowest BCUT2D eigenvalue weighted by molar-refractivity contribution is -0.275. The second kappa shape index (κ2) is 13.4. The molecule has 1 aliphatic heterocycles. The van der Waals surface area contributed by atoms with Gasteiger partial charge in [-0.05, 0) is 67.7 Å². The zero-order chi connectivity index (χ0) is 35.0. The normalized spacial score (nSPS) is 19.1. The Balaban J connectivity index is 1.81. The summed E-state index contributed by atoms with van der Waals surface area (Å²) in [7, 11) is -2.60. The van der Waals surface area contributed by atoms with Crippen LogP contribution < -0.4 is 23.8 Å². The molecule has 1 amide bonds. The van der Waals surface area contributed by atoms with Gasteiger partial charge in [0, 0.05) is 22.2 Å². The first kappa shape index (κ1) is 35.2. The maximum absolute atomic E-state index is 15.2. The summed E-state index contributed by atoms with van der Waals surface area (Å²) in [6.45, 7) is 5.41. The zero-order valence-corrected chi connectivity index (χ0v) is 28.0. The van der Waals surface area contributed by atoms with Crippen molar-refractivity contribution in [3.63, 3.8) is 0 Å². The number of nitrogens with one attached hydrogen (secondary N) is 1. The first-order chi connectivity index (χ1) is 22.7. The van der Waals surface area contributed by atoms with Gasteiger partial charge in [0.2, 0.25) is 0 Å². The molecule has 1 aliphatic carbocycles. The maximum atomic E-state index is 15.2. The number of Topliss-reactive ketones (excluding diaryl/α,β-unsaturated/α-hetero) is 1. The summed E-state index contributed by atoms with van der Waals surface area (Å²) in [4.78, 5) is 28.1. The number of nitrogens with zero attached hydrogens (tertiary/aromatic N) is 1.